The molecule has 0 radical (unpaired) electrons. The quantitative estimate of drug-likeness (QED) is 0.909. The monoisotopic (exact) mass is 336 g/mol. The molecule has 1 aliphatic rings. The minimum absolute atomic E-state index is 0.0570. The van der Waals surface area contributed by atoms with E-state index in [1.165, 1.54) is 0 Å². The van der Waals surface area contributed by atoms with Crippen LogP contribution in [0.2, 0.25) is 5.02 Å². The van der Waals surface area contributed by atoms with Crippen molar-refractivity contribution < 1.29 is 18.7 Å². The Labute approximate surface area is 138 Å². The van der Waals surface area contributed by atoms with Crippen LogP contribution >= 0.6 is 11.6 Å². The zero-order chi connectivity index (χ0) is 16.4. The number of halogens is 1. The van der Waals surface area contributed by atoms with Gasteiger partial charge in [0, 0.05) is 12.1 Å². The minimum Gasteiger partial charge on any atom is -0.468 e. The summed E-state index contributed by atoms with van der Waals surface area (Å²) in [5.74, 6) is 1.52. The summed E-state index contributed by atoms with van der Waals surface area (Å²) in [7, 11) is 3.85. The van der Waals surface area contributed by atoms with Crippen LogP contribution in [0.15, 0.2) is 34.9 Å². The van der Waals surface area contributed by atoms with Crippen molar-refractivity contribution in [2.45, 2.75) is 6.04 Å². The number of likely N-dealkylation sites (N-methyl/N-ethyl adjacent to an activating group) is 1. The van der Waals surface area contributed by atoms with Crippen LogP contribution in [0, 0.1) is 0 Å². The van der Waals surface area contributed by atoms with Gasteiger partial charge in [0.2, 0.25) is 6.79 Å². The van der Waals surface area contributed by atoms with Crippen LogP contribution in [0.4, 0.5) is 0 Å². The van der Waals surface area contributed by atoms with Crippen LogP contribution in [0.3, 0.4) is 0 Å². The van der Waals surface area contributed by atoms with E-state index in [4.69, 9.17) is 25.5 Å². The number of furan rings is 1. The summed E-state index contributed by atoms with van der Waals surface area (Å²) in [6.45, 7) is 0.521. The molecule has 2 aromatic rings. The number of amides is 1. The van der Waals surface area contributed by atoms with E-state index in [1.54, 1.807) is 18.4 Å². The summed E-state index contributed by atoms with van der Waals surface area (Å²) in [6.07, 6.45) is 1.62. The van der Waals surface area contributed by atoms with E-state index in [0.717, 1.165) is 5.76 Å². The van der Waals surface area contributed by atoms with Crippen molar-refractivity contribution in [1.29, 1.82) is 0 Å². The van der Waals surface area contributed by atoms with Crippen molar-refractivity contribution >= 4 is 17.5 Å². The molecule has 0 fully saturated rings. The highest BCUT2D eigenvalue weighted by Crippen LogP contribution is 2.39. The molecule has 7 heteroatoms. The van der Waals surface area contributed by atoms with Crippen LogP contribution < -0.4 is 14.8 Å². The van der Waals surface area contributed by atoms with Gasteiger partial charge in [0.15, 0.2) is 11.5 Å². The first kappa shape index (κ1) is 15.7. The Balaban J connectivity index is 1.71. The first-order valence-electron chi connectivity index (χ1n) is 7.13. The second-order valence-corrected chi connectivity index (χ2v) is 5.80. The third-order valence-electron chi connectivity index (χ3n) is 3.64. The fourth-order valence-electron chi connectivity index (χ4n) is 2.41. The first-order valence-corrected chi connectivity index (χ1v) is 7.51. The molecule has 0 spiro atoms. The maximum atomic E-state index is 12.4. The molecule has 0 aliphatic carbocycles. The van der Waals surface area contributed by atoms with E-state index in [-0.39, 0.29) is 18.7 Å². The average molecular weight is 337 g/mol. The molecule has 1 aliphatic heterocycles. The smallest absolute Gasteiger partial charge is 0.251 e. The van der Waals surface area contributed by atoms with Gasteiger partial charge in [0.1, 0.15) is 5.76 Å². The third-order valence-corrected chi connectivity index (χ3v) is 3.92. The molecule has 0 saturated carbocycles. The van der Waals surface area contributed by atoms with Gasteiger partial charge in [0.25, 0.3) is 5.91 Å². The average Bonchev–Trinajstić information content (AvgIpc) is 3.17. The van der Waals surface area contributed by atoms with E-state index >= 15 is 0 Å². The number of hydrogen-bond acceptors (Lipinski definition) is 5. The van der Waals surface area contributed by atoms with Crippen molar-refractivity contribution in [2.24, 2.45) is 0 Å². The molecule has 2 heterocycles. The van der Waals surface area contributed by atoms with Crippen LogP contribution in [0.1, 0.15) is 22.2 Å². The Morgan fingerprint density at radius 3 is 2.91 bits per heavy atom. The van der Waals surface area contributed by atoms with Gasteiger partial charge < -0.3 is 19.2 Å². The molecule has 0 saturated heterocycles. The van der Waals surface area contributed by atoms with Crippen molar-refractivity contribution in [3.63, 3.8) is 0 Å². The lowest BCUT2D eigenvalue weighted by Gasteiger charge is -2.22. The molecule has 1 N–H and O–H groups in total. The Hall–Kier alpha value is -2.18. The number of hydrogen-bond donors (Lipinski definition) is 1. The highest BCUT2D eigenvalue weighted by atomic mass is 35.5. The second-order valence-electron chi connectivity index (χ2n) is 5.40. The molecular weight excluding hydrogens is 320 g/mol. The van der Waals surface area contributed by atoms with E-state index < -0.39 is 0 Å². The Morgan fingerprint density at radius 1 is 1.39 bits per heavy atom. The number of benzene rings is 1. The van der Waals surface area contributed by atoms with Gasteiger partial charge in [-0.15, -0.1) is 0 Å². The van der Waals surface area contributed by atoms with Crippen molar-refractivity contribution in [3.05, 3.63) is 46.9 Å². The van der Waals surface area contributed by atoms with Crippen LogP contribution in [-0.2, 0) is 0 Å². The zero-order valence-electron chi connectivity index (χ0n) is 12.8. The van der Waals surface area contributed by atoms with E-state index in [1.807, 2.05) is 31.1 Å². The second kappa shape index (κ2) is 6.52. The fourth-order valence-corrected chi connectivity index (χ4v) is 2.67. The SMILES string of the molecule is CN(C)C(CNC(=O)c1cc(Cl)c2c(c1)OCO2)c1ccco1. The van der Waals surface area contributed by atoms with Crippen LogP contribution in [-0.4, -0.2) is 38.2 Å². The number of rotatable bonds is 5. The van der Waals surface area contributed by atoms with Crippen LogP contribution in [0.5, 0.6) is 11.5 Å². The highest BCUT2D eigenvalue weighted by molar-refractivity contribution is 6.32. The maximum absolute atomic E-state index is 12.4. The predicted molar refractivity (Wildman–Crippen MR) is 85.0 cm³/mol. The van der Waals surface area contributed by atoms with E-state index in [9.17, 15) is 4.79 Å². The highest BCUT2D eigenvalue weighted by Gasteiger charge is 2.22. The van der Waals surface area contributed by atoms with E-state index in [2.05, 4.69) is 5.32 Å². The molecule has 122 valence electrons. The van der Waals surface area contributed by atoms with E-state index in [0.29, 0.717) is 28.6 Å². The summed E-state index contributed by atoms with van der Waals surface area (Å²) in [5, 5.41) is 3.25. The molecule has 0 bridgehead atoms. The van der Waals surface area contributed by atoms with Gasteiger partial charge >= 0.3 is 0 Å². The third kappa shape index (κ3) is 3.28. The van der Waals surface area contributed by atoms with Crippen molar-refractivity contribution in [2.75, 3.05) is 27.4 Å². The van der Waals surface area contributed by atoms with Gasteiger partial charge in [-0.05, 0) is 38.4 Å². The fraction of sp³-hybridized carbons (Fsp3) is 0.312. The van der Waals surface area contributed by atoms with Crippen molar-refractivity contribution in [1.82, 2.24) is 10.2 Å². The van der Waals surface area contributed by atoms with Gasteiger partial charge in [-0.1, -0.05) is 11.6 Å². The summed E-state index contributed by atoms with van der Waals surface area (Å²) >= 11 is 6.11. The maximum Gasteiger partial charge on any atom is 0.251 e. The topological polar surface area (TPSA) is 63.9 Å². The van der Waals surface area contributed by atoms with Gasteiger partial charge in [-0.3, -0.25) is 9.69 Å². The number of nitrogens with one attached hydrogen (secondary N) is 1. The van der Waals surface area contributed by atoms with Crippen LogP contribution in [0.25, 0.3) is 0 Å². The summed E-state index contributed by atoms with van der Waals surface area (Å²) in [5.41, 5.74) is 0.427. The molecular formula is C16H17ClN2O4. The minimum atomic E-state index is -0.233. The Kier molecular flexibility index (Phi) is 4.45. The summed E-state index contributed by atoms with van der Waals surface area (Å²) < 4.78 is 15.9. The first-order chi connectivity index (χ1) is 11.1. The predicted octanol–water partition coefficient (Wildman–Crippen LogP) is 2.69. The Bertz CT molecular complexity index is 700. The van der Waals surface area contributed by atoms with Gasteiger partial charge in [-0.2, -0.15) is 0 Å². The van der Waals surface area contributed by atoms with Gasteiger partial charge in [0.05, 0.1) is 17.3 Å². The lowest BCUT2D eigenvalue weighted by atomic mass is 10.1. The summed E-state index contributed by atoms with van der Waals surface area (Å²) in [6, 6.07) is 6.85. The number of ether oxygens (including phenoxy) is 2. The standard InChI is InChI=1S/C16H17ClN2O4/c1-19(2)12(13-4-3-5-21-13)8-18-16(20)10-6-11(17)15-14(7-10)22-9-23-15/h3-7,12H,8-9H2,1-2H3,(H,18,20). The molecule has 1 unspecified atom stereocenters. The Morgan fingerprint density at radius 2 is 2.22 bits per heavy atom. The lowest BCUT2D eigenvalue weighted by molar-refractivity contribution is 0.0938. The number of carbonyl (C=O) groups excluding carboxylic acids is 1. The normalized spacial score (nSPS) is 14.1. The number of nitrogens with zero attached hydrogens (tertiary/aromatic N) is 1. The van der Waals surface area contributed by atoms with Gasteiger partial charge in [-0.25, -0.2) is 0 Å². The number of fused-ring (bicyclic) bond motifs is 1. The molecule has 3 rings (SSSR count). The molecule has 23 heavy (non-hydrogen) atoms. The molecule has 1 atom stereocenters. The number of carbonyl (C=O) groups is 1. The zero-order valence-corrected chi connectivity index (χ0v) is 13.6. The molecule has 1 aromatic carbocycles. The lowest BCUT2D eigenvalue weighted by Crippen LogP contribution is -2.34. The molecule has 1 amide bonds. The molecule has 6 nitrogen and oxygen atoms in total. The van der Waals surface area contributed by atoms with Crippen molar-refractivity contribution in [3.8, 4) is 11.5 Å². The largest absolute Gasteiger partial charge is 0.468 e. The summed E-state index contributed by atoms with van der Waals surface area (Å²) in [4.78, 5) is 14.4. The molecule has 1 aromatic heterocycles.